The predicted octanol–water partition coefficient (Wildman–Crippen LogP) is 6.91. The summed E-state index contributed by atoms with van der Waals surface area (Å²) in [5.41, 5.74) is 2.09. The molecule has 210 valence electrons. The van der Waals surface area contributed by atoms with Crippen molar-refractivity contribution in [2.45, 2.75) is 119 Å². The Kier molecular flexibility index (Phi) is 6.60. The van der Waals surface area contributed by atoms with Crippen LogP contribution in [0.4, 0.5) is 0 Å². The van der Waals surface area contributed by atoms with E-state index in [0.717, 1.165) is 51.4 Å². The number of hydrogen-bond acceptors (Lipinski definition) is 4. The van der Waals surface area contributed by atoms with Gasteiger partial charge in [0.05, 0.1) is 11.5 Å². The Morgan fingerprint density at radius 1 is 0.973 bits per heavy atom. The van der Waals surface area contributed by atoms with Crippen LogP contribution in [0, 0.1) is 50.2 Å². The number of carbonyl (C=O) groups is 1. The van der Waals surface area contributed by atoms with Gasteiger partial charge in [0.2, 0.25) is 0 Å². The molecule has 0 bridgehead atoms. The van der Waals surface area contributed by atoms with E-state index in [4.69, 9.17) is 4.74 Å². The normalized spacial score (nSPS) is 48.0. The number of allylic oxidation sites excluding steroid dienone is 2. The summed E-state index contributed by atoms with van der Waals surface area (Å²) in [7, 11) is 1.91. The SMILES string of the molecule is CNCCOC(=O)C12CCC(C)(C)CC1C1=CCC3C4(C)CCC(O)C(C)(C)C4CCC3(C)C1(C)CC2. The third-order valence-corrected chi connectivity index (χ3v) is 13.6. The molecule has 0 heterocycles. The molecule has 0 radical (unpaired) electrons. The van der Waals surface area contributed by atoms with Gasteiger partial charge >= 0.3 is 5.97 Å². The van der Waals surface area contributed by atoms with Gasteiger partial charge in [0.15, 0.2) is 0 Å². The molecule has 4 fully saturated rings. The summed E-state index contributed by atoms with van der Waals surface area (Å²) in [6.07, 6.45) is 13.3. The summed E-state index contributed by atoms with van der Waals surface area (Å²) in [6.45, 7) is 18.4. The molecule has 4 nitrogen and oxygen atoms in total. The van der Waals surface area contributed by atoms with Crippen LogP contribution in [0.25, 0.3) is 0 Å². The number of ether oxygens (including phenoxy) is 1. The lowest BCUT2D eigenvalue weighted by atomic mass is 9.33. The molecule has 2 N–H and O–H groups in total. The van der Waals surface area contributed by atoms with E-state index >= 15 is 0 Å². The standard InChI is InChI=1S/C33H55NO3/c1-28(2)15-17-33(27(36)37-20-19-34-8)18-16-31(6)22(23(33)21-28)9-10-25-30(5)13-12-26(35)29(3,4)24(30)11-14-32(25,31)7/h9,23-26,34-35H,10-21H2,1-8H3. The summed E-state index contributed by atoms with van der Waals surface area (Å²) in [5.74, 6) is 1.56. The molecule has 0 spiro atoms. The van der Waals surface area contributed by atoms with Crippen LogP contribution in [0.3, 0.4) is 0 Å². The highest BCUT2D eigenvalue weighted by Crippen LogP contribution is 2.75. The molecule has 5 rings (SSSR count). The van der Waals surface area contributed by atoms with E-state index in [9.17, 15) is 9.90 Å². The second kappa shape index (κ2) is 8.82. The van der Waals surface area contributed by atoms with Crippen molar-refractivity contribution in [2.24, 2.45) is 50.2 Å². The highest BCUT2D eigenvalue weighted by atomic mass is 16.5. The Bertz CT molecular complexity index is 953. The summed E-state index contributed by atoms with van der Waals surface area (Å²) in [5, 5.41) is 14.1. The van der Waals surface area contributed by atoms with Crippen LogP contribution in [0.1, 0.15) is 113 Å². The molecule has 8 atom stereocenters. The van der Waals surface area contributed by atoms with Gasteiger partial charge in [0.25, 0.3) is 0 Å². The fraction of sp³-hybridized carbons (Fsp3) is 0.909. The Labute approximate surface area is 226 Å². The Morgan fingerprint density at radius 3 is 2.38 bits per heavy atom. The van der Waals surface area contributed by atoms with Crippen LogP contribution < -0.4 is 5.32 Å². The predicted molar refractivity (Wildman–Crippen MR) is 150 cm³/mol. The number of rotatable bonds is 4. The van der Waals surface area contributed by atoms with Gasteiger partial charge in [-0.3, -0.25) is 4.79 Å². The van der Waals surface area contributed by atoms with E-state index in [-0.39, 0.29) is 44.6 Å². The van der Waals surface area contributed by atoms with E-state index in [1.54, 1.807) is 5.57 Å². The molecular formula is C33H55NO3. The van der Waals surface area contributed by atoms with Crippen molar-refractivity contribution in [3.05, 3.63) is 11.6 Å². The minimum atomic E-state index is -0.351. The number of aliphatic hydroxyl groups excluding tert-OH is 1. The summed E-state index contributed by atoms with van der Waals surface area (Å²) in [4.78, 5) is 13.8. The average Bonchev–Trinajstić information content (AvgIpc) is 2.82. The van der Waals surface area contributed by atoms with Gasteiger partial charge in [-0.25, -0.2) is 0 Å². The molecule has 4 saturated carbocycles. The minimum Gasteiger partial charge on any atom is -0.464 e. The molecule has 5 aliphatic rings. The largest absolute Gasteiger partial charge is 0.464 e. The maximum absolute atomic E-state index is 13.8. The molecule has 0 amide bonds. The molecular weight excluding hydrogens is 458 g/mol. The van der Waals surface area contributed by atoms with Gasteiger partial charge in [-0.1, -0.05) is 60.1 Å². The second-order valence-corrected chi connectivity index (χ2v) is 16.0. The van der Waals surface area contributed by atoms with Crippen molar-refractivity contribution < 1.29 is 14.6 Å². The van der Waals surface area contributed by atoms with Crippen LogP contribution in [0.2, 0.25) is 0 Å². The molecule has 0 aromatic heterocycles. The first-order chi connectivity index (χ1) is 17.2. The van der Waals surface area contributed by atoms with Gasteiger partial charge in [-0.15, -0.1) is 0 Å². The van der Waals surface area contributed by atoms with Crippen LogP contribution in [-0.4, -0.2) is 37.4 Å². The molecule has 8 unspecified atom stereocenters. The Morgan fingerprint density at radius 2 is 1.68 bits per heavy atom. The molecule has 0 aromatic rings. The van der Waals surface area contributed by atoms with Crippen LogP contribution in [0.15, 0.2) is 11.6 Å². The lowest BCUT2D eigenvalue weighted by Gasteiger charge is -2.71. The second-order valence-electron chi connectivity index (χ2n) is 16.0. The number of aliphatic hydroxyl groups is 1. The first-order valence-corrected chi connectivity index (χ1v) is 15.4. The number of likely N-dealkylation sites (N-methyl/N-ethyl adjacent to an activating group) is 1. The molecule has 0 aromatic carbocycles. The number of nitrogens with one attached hydrogen (secondary N) is 1. The maximum Gasteiger partial charge on any atom is 0.312 e. The molecule has 4 heteroatoms. The van der Waals surface area contributed by atoms with E-state index in [2.05, 4.69) is 59.9 Å². The summed E-state index contributed by atoms with van der Waals surface area (Å²) in [6, 6.07) is 0. The summed E-state index contributed by atoms with van der Waals surface area (Å²) < 4.78 is 5.96. The van der Waals surface area contributed by atoms with Crippen molar-refractivity contribution in [3.63, 3.8) is 0 Å². The zero-order chi connectivity index (χ0) is 27.1. The number of carbonyl (C=O) groups excluding carboxylic acids is 1. The molecule has 0 aliphatic heterocycles. The van der Waals surface area contributed by atoms with E-state index in [1.807, 2.05) is 7.05 Å². The van der Waals surface area contributed by atoms with Gasteiger partial charge in [-0.05, 0) is 116 Å². The van der Waals surface area contributed by atoms with Crippen molar-refractivity contribution in [2.75, 3.05) is 20.2 Å². The number of fused-ring (bicyclic) bond motifs is 7. The third kappa shape index (κ3) is 3.77. The van der Waals surface area contributed by atoms with E-state index in [0.29, 0.717) is 30.9 Å². The number of hydrogen-bond donors (Lipinski definition) is 2. The average molecular weight is 514 g/mol. The zero-order valence-electron chi connectivity index (χ0n) is 25.1. The third-order valence-electron chi connectivity index (χ3n) is 13.6. The van der Waals surface area contributed by atoms with Crippen molar-refractivity contribution in [1.82, 2.24) is 5.32 Å². The molecule has 37 heavy (non-hydrogen) atoms. The molecule has 0 saturated heterocycles. The Balaban J connectivity index is 1.54. The molecule has 5 aliphatic carbocycles. The van der Waals surface area contributed by atoms with Crippen LogP contribution >= 0.6 is 0 Å². The zero-order valence-corrected chi connectivity index (χ0v) is 25.1. The van der Waals surface area contributed by atoms with E-state index < -0.39 is 0 Å². The van der Waals surface area contributed by atoms with Crippen molar-refractivity contribution in [1.29, 1.82) is 0 Å². The van der Waals surface area contributed by atoms with Gasteiger partial charge in [0, 0.05) is 6.54 Å². The van der Waals surface area contributed by atoms with E-state index in [1.165, 1.54) is 12.8 Å². The van der Waals surface area contributed by atoms with Gasteiger partial charge < -0.3 is 15.2 Å². The fourth-order valence-electron chi connectivity index (χ4n) is 11.0. The fourth-order valence-corrected chi connectivity index (χ4v) is 11.0. The smallest absolute Gasteiger partial charge is 0.312 e. The first kappa shape index (κ1) is 27.7. The quantitative estimate of drug-likeness (QED) is 0.244. The maximum atomic E-state index is 13.8. The lowest BCUT2D eigenvalue weighted by Crippen LogP contribution is -2.65. The van der Waals surface area contributed by atoms with Crippen LogP contribution in [-0.2, 0) is 9.53 Å². The highest BCUT2D eigenvalue weighted by Gasteiger charge is 2.69. The van der Waals surface area contributed by atoms with Crippen molar-refractivity contribution in [3.8, 4) is 0 Å². The van der Waals surface area contributed by atoms with Crippen molar-refractivity contribution >= 4 is 5.97 Å². The van der Waals surface area contributed by atoms with Gasteiger partial charge in [-0.2, -0.15) is 0 Å². The summed E-state index contributed by atoms with van der Waals surface area (Å²) >= 11 is 0. The Hall–Kier alpha value is -0.870. The highest BCUT2D eigenvalue weighted by molar-refractivity contribution is 5.78. The lowest BCUT2D eigenvalue weighted by molar-refractivity contribution is -0.206. The van der Waals surface area contributed by atoms with Crippen LogP contribution in [0.5, 0.6) is 0 Å². The minimum absolute atomic E-state index is 0.0224. The monoisotopic (exact) mass is 513 g/mol. The first-order valence-electron chi connectivity index (χ1n) is 15.4. The topological polar surface area (TPSA) is 58.6 Å². The number of esters is 1. The van der Waals surface area contributed by atoms with Gasteiger partial charge in [0.1, 0.15) is 6.61 Å².